The van der Waals surface area contributed by atoms with Crippen molar-refractivity contribution in [3.05, 3.63) is 29.0 Å². The van der Waals surface area contributed by atoms with Crippen LogP contribution in [0.2, 0.25) is 5.02 Å². The fourth-order valence-corrected chi connectivity index (χ4v) is 3.03. The first-order valence-electron chi connectivity index (χ1n) is 5.97. The number of nitriles is 1. The summed E-state index contributed by atoms with van der Waals surface area (Å²) >= 11 is 7.55. The minimum absolute atomic E-state index is 0.0833. The van der Waals surface area contributed by atoms with Crippen LogP contribution in [0.15, 0.2) is 18.5 Å². The Morgan fingerprint density at radius 1 is 1.58 bits per heavy atom. The predicted octanol–water partition coefficient (Wildman–Crippen LogP) is 2.60. The van der Waals surface area contributed by atoms with Crippen LogP contribution in [-0.2, 0) is 0 Å². The highest BCUT2D eigenvalue weighted by molar-refractivity contribution is 8.00. The SMILES string of the molecule is CSC1(C#N)CCN(C(=O)c2ccncc2Cl)CC1. The van der Waals surface area contributed by atoms with Crippen LogP contribution in [0.3, 0.4) is 0 Å². The smallest absolute Gasteiger partial charge is 0.255 e. The van der Waals surface area contributed by atoms with Crippen molar-refractivity contribution < 1.29 is 4.79 Å². The Labute approximate surface area is 121 Å². The van der Waals surface area contributed by atoms with Gasteiger partial charge < -0.3 is 4.90 Å². The maximum absolute atomic E-state index is 12.3. The Morgan fingerprint density at radius 3 is 2.79 bits per heavy atom. The van der Waals surface area contributed by atoms with Crippen molar-refractivity contribution in [3.63, 3.8) is 0 Å². The van der Waals surface area contributed by atoms with Gasteiger partial charge >= 0.3 is 0 Å². The van der Waals surface area contributed by atoms with E-state index >= 15 is 0 Å². The van der Waals surface area contributed by atoms with Crippen LogP contribution in [0, 0.1) is 11.3 Å². The van der Waals surface area contributed by atoms with E-state index in [1.807, 2.05) is 6.26 Å². The second-order valence-electron chi connectivity index (χ2n) is 4.46. The first kappa shape index (κ1) is 14.2. The molecule has 6 heteroatoms. The van der Waals surface area contributed by atoms with Gasteiger partial charge in [-0.25, -0.2) is 0 Å². The van der Waals surface area contributed by atoms with E-state index in [-0.39, 0.29) is 10.7 Å². The van der Waals surface area contributed by atoms with Crippen molar-refractivity contribution >= 4 is 29.3 Å². The zero-order valence-corrected chi connectivity index (χ0v) is 12.2. The number of amides is 1. The van der Waals surface area contributed by atoms with Gasteiger partial charge in [0.2, 0.25) is 0 Å². The van der Waals surface area contributed by atoms with Crippen molar-refractivity contribution in [3.8, 4) is 6.07 Å². The molecule has 0 aliphatic carbocycles. The molecule has 4 nitrogen and oxygen atoms in total. The number of aromatic nitrogens is 1. The van der Waals surface area contributed by atoms with E-state index in [9.17, 15) is 10.1 Å². The van der Waals surface area contributed by atoms with Crippen LogP contribution in [0.5, 0.6) is 0 Å². The molecule has 2 rings (SSSR count). The molecule has 1 aromatic heterocycles. The molecule has 1 aliphatic heterocycles. The molecular formula is C13H14ClN3OS. The second-order valence-corrected chi connectivity index (χ2v) is 6.05. The molecule has 1 fully saturated rings. The van der Waals surface area contributed by atoms with E-state index < -0.39 is 0 Å². The summed E-state index contributed by atoms with van der Waals surface area (Å²) in [4.78, 5) is 18.0. The summed E-state index contributed by atoms with van der Waals surface area (Å²) in [6, 6.07) is 4.00. The number of piperidine rings is 1. The number of thioether (sulfide) groups is 1. The van der Waals surface area contributed by atoms with Crippen LogP contribution < -0.4 is 0 Å². The molecule has 0 saturated carbocycles. The van der Waals surface area contributed by atoms with E-state index in [0.29, 0.717) is 36.5 Å². The van der Waals surface area contributed by atoms with Gasteiger partial charge in [0.15, 0.2) is 0 Å². The third-order valence-electron chi connectivity index (χ3n) is 3.46. The zero-order valence-electron chi connectivity index (χ0n) is 10.6. The molecule has 0 atom stereocenters. The highest BCUT2D eigenvalue weighted by atomic mass is 35.5. The Morgan fingerprint density at radius 2 is 2.26 bits per heavy atom. The molecule has 0 bridgehead atoms. The van der Waals surface area contributed by atoms with E-state index in [1.54, 1.807) is 28.9 Å². The lowest BCUT2D eigenvalue weighted by Gasteiger charge is -2.36. The summed E-state index contributed by atoms with van der Waals surface area (Å²) < 4.78 is -0.348. The van der Waals surface area contributed by atoms with Crippen LogP contribution in [0.25, 0.3) is 0 Å². The summed E-state index contributed by atoms with van der Waals surface area (Å²) in [5.74, 6) is -0.0833. The van der Waals surface area contributed by atoms with Crippen molar-refractivity contribution in [2.75, 3.05) is 19.3 Å². The Balaban J connectivity index is 2.09. The van der Waals surface area contributed by atoms with Gasteiger partial charge in [0, 0.05) is 25.5 Å². The summed E-state index contributed by atoms with van der Waals surface area (Å²) in [6.45, 7) is 1.18. The quantitative estimate of drug-likeness (QED) is 0.841. The van der Waals surface area contributed by atoms with Gasteiger partial charge in [-0.05, 0) is 25.2 Å². The first-order valence-corrected chi connectivity index (χ1v) is 7.57. The van der Waals surface area contributed by atoms with E-state index in [4.69, 9.17) is 11.6 Å². The monoisotopic (exact) mass is 295 g/mol. The molecule has 0 unspecified atom stereocenters. The molecular weight excluding hydrogens is 282 g/mol. The summed E-state index contributed by atoms with van der Waals surface area (Å²) in [6.07, 6.45) is 6.36. The summed E-state index contributed by atoms with van der Waals surface area (Å²) in [5, 5.41) is 9.59. The number of likely N-dealkylation sites (tertiary alicyclic amines) is 1. The highest BCUT2D eigenvalue weighted by Gasteiger charge is 2.35. The van der Waals surface area contributed by atoms with E-state index in [2.05, 4.69) is 11.1 Å². The molecule has 2 heterocycles. The predicted molar refractivity (Wildman–Crippen MR) is 76.2 cm³/mol. The molecule has 1 aromatic rings. The Bertz CT molecular complexity index is 521. The summed E-state index contributed by atoms with van der Waals surface area (Å²) in [7, 11) is 0. The van der Waals surface area contributed by atoms with Crippen LogP contribution >= 0.6 is 23.4 Å². The average Bonchev–Trinajstić information content (AvgIpc) is 2.47. The molecule has 0 N–H and O–H groups in total. The van der Waals surface area contributed by atoms with Gasteiger partial charge in [-0.1, -0.05) is 11.6 Å². The highest BCUT2D eigenvalue weighted by Crippen LogP contribution is 2.34. The van der Waals surface area contributed by atoms with Crippen LogP contribution in [0.1, 0.15) is 23.2 Å². The molecule has 100 valence electrons. The maximum Gasteiger partial charge on any atom is 0.255 e. The first-order chi connectivity index (χ1) is 9.12. The molecule has 19 heavy (non-hydrogen) atoms. The average molecular weight is 296 g/mol. The fourth-order valence-electron chi connectivity index (χ4n) is 2.15. The lowest BCUT2D eigenvalue weighted by atomic mass is 9.97. The van der Waals surface area contributed by atoms with Crippen molar-refractivity contribution in [2.24, 2.45) is 0 Å². The minimum atomic E-state index is -0.348. The van der Waals surface area contributed by atoms with Gasteiger partial charge in [0.1, 0.15) is 4.75 Å². The number of carbonyl (C=O) groups excluding carboxylic acids is 1. The lowest BCUT2D eigenvalue weighted by molar-refractivity contribution is 0.0716. The van der Waals surface area contributed by atoms with Gasteiger partial charge in [-0.15, -0.1) is 11.8 Å². The van der Waals surface area contributed by atoms with Crippen molar-refractivity contribution in [2.45, 2.75) is 17.6 Å². The van der Waals surface area contributed by atoms with E-state index in [1.165, 1.54) is 6.20 Å². The van der Waals surface area contributed by atoms with E-state index in [0.717, 1.165) is 0 Å². The van der Waals surface area contributed by atoms with Crippen LogP contribution in [-0.4, -0.2) is 39.9 Å². The normalized spacial score (nSPS) is 17.8. The number of hydrogen-bond donors (Lipinski definition) is 0. The standard InChI is InChI=1S/C13H14ClN3OS/c1-19-13(9-15)3-6-17(7-4-13)12(18)10-2-5-16-8-11(10)14/h2,5,8H,3-4,6-7H2,1H3. The second kappa shape index (κ2) is 5.81. The van der Waals surface area contributed by atoms with Crippen molar-refractivity contribution in [1.82, 2.24) is 9.88 Å². The third-order valence-corrected chi connectivity index (χ3v) is 5.04. The molecule has 0 radical (unpaired) electrons. The molecule has 0 spiro atoms. The number of halogens is 1. The van der Waals surface area contributed by atoms with Crippen LogP contribution in [0.4, 0.5) is 0 Å². The largest absolute Gasteiger partial charge is 0.338 e. The molecule has 0 aromatic carbocycles. The molecule has 1 amide bonds. The topological polar surface area (TPSA) is 57.0 Å². The van der Waals surface area contributed by atoms with Gasteiger partial charge in [-0.2, -0.15) is 5.26 Å². The van der Waals surface area contributed by atoms with Gasteiger partial charge in [0.25, 0.3) is 5.91 Å². The van der Waals surface area contributed by atoms with Gasteiger partial charge in [-0.3, -0.25) is 9.78 Å². The number of pyridine rings is 1. The lowest BCUT2D eigenvalue weighted by Crippen LogP contribution is -2.44. The van der Waals surface area contributed by atoms with Gasteiger partial charge in [0.05, 0.1) is 16.7 Å². The Hall–Kier alpha value is -1.25. The third kappa shape index (κ3) is 2.85. The van der Waals surface area contributed by atoms with Crippen molar-refractivity contribution in [1.29, 1.82) is 5.26 Å². The Kier molecular flexibility index (Phi) is 4.33. The number of carbonyl (C=O) groups is 1. The maximum atomic E-state index is 12.3. The number of rotatable bonds is 2. The zero-order chi connectivity index (χ0) is 13.9. The molecule has 1 saturated heterocycles. The number of nitrogens with zero attached hydrogens (tertiary/aromatic N) is 3. The number of hydrogen-bond acceptors (Lipinski definition) is 4. The molecule has 1 aliphatic rings. The minimum Gasteiger partial charge on any atom is -0.338 e. The fraction of sp³-hybridized carbons (Fsp3) is 0.462. The summed E-state index contributed by atoms with van der Waals surface area (Å²) in [5.41, 5.74) is 0.477.